The molecule has 0 bridgehead atoms. The summed E-state index contributed by atoms with van der Waals surface area (Å²) in [6.45, 7) is 2.50. The van der Waals surface area contributed by atoms with E-state index in [2.05, 4.69) is 6.72 Å². The van der Waals surface area contributed by atoms with Gasteiger partial charge in [0.15, 0.2) is 11.6 Å². The molecule has 0 spiro atoms. The molecule has 0 aliphatic heterocycles. The summed E-state index contributed by atoms with van der Waals surface area (Å²) in [6, 6.07) is 4.16. The molecule has 2 rings (SSSR count). The van der Waals surface area contributed by atoms with E-state index in [1.165, 1.54) is 12.1 Å². The van der Waals surface area contributed by atoms with Crippen molar-refractivity contribution >= 4 is 6.72 Å². The lowest BCUT2D eigenvalue weighted by Gasteiger charge is -1.97. The minimum Gasteiger partial charge on any atom is -0.317 e. The average Bonchev–Trinajstić information content (AvgIpc) is 2.96. The number of nitrogens with one attached hydrogen (secondary N) is 1. The summed E-state index contributed by atoms with van der Waals surface area (Å²) in [5.41, 5.74) is 0.934. The van der Waals surface area contributed by atoms with Crippen molar-refractivity contribution in [3.8, 4) is 0 Å². The van der Waals surface area contributed by atoms with Gasteiger partial charge in [0.05, 0.1) is 0 Å². The zero-order valence-corrected chi connectivity index (χ0v) is 7.19. The minimum atomic E-state index is -0.755. The fourth-order valence-electron chi connectivity index (χ4n) is 1.18. The quantitative estimate of drug-likeness (QED) is 0.647. The van der Waals surface area contributed by atoms with Gasteiger partial charge in [-0.1, -0.05) is 6.07 Å². The number of hydrogen-bond acceptors (Lipinski definition) is 1. The van der Waals surface area contributed by atoms with Crippen molar-refractivity contribution in [2.75, 3.05) is 0 Å². The lowest BCUT2D eigenvalue weighted by atomic mass is 10.1. The SMILES string of the molecule is C=N.Fc1ccc(C2CC2)cc1F. The Hall–Kier alpha value is -1.25. The predicted molar refractivity (Wildman–Crippen MR) is 48.2 cm³/mol. The van der Waals surface area contributed by atoms with E-state index < -0.39 is 11.6 Å². The van der Waals surface area contributed by atoms with Crippen molar-refractivity contribution in [3.63, 3.8) is 0 Å². The summed E-state index contributed by atoms with van der Waals surface area (Å²) in [6.07, 6.45) is 2.23. The fraction of sp³-hybridized carbons (Fsp3) is 0.300. The van der Waals surface area contributed by atoms with Gasteiger partial charge in [0.2, 0.25) is 0 Å². The van der Waals surface area contributed by atoms with Gasteiger partial charge >= 0.3 is 0 Å². The van der Waals surface area contributed by atoms with Crippen LogP contribution < -0.4 is 0 Å². The van der Waals surface area contributed by atoms with Gasteiger partial charge in [0.1, 0.15) is 0 Å². The van der Waals surface area contributed by atoms with Crippen molar-refractivity contribution in [2.45, 2.75) is 18.8 Å². The highest BCUT2D eigenvalue weighted by Crippen LogP contribution is 2.40. The Morgan fingerprint density at radius 3 is 2.23 bits per heavy atom. The van der Waals surface area contributed by atoms with E-state index in [0.717, 1.165) is 18.4 Å². The molecule has 1 aliphatic carbocycles. The molecule has 1 nitrogen and oxygen atoms in total. The molecule has 3 heteroatoms. The Morgan fingerprint density at radius 1 is 1.15 bits per heavy atom. The molecule has 0 saturated heterocycles. The molecule has 1 saturated carbocycles. The molecule has 1 N–H and O–H groups in total. The standard InChI is InChI=1S/C9H8F2.CH3N/c10-8-4-3-7(5-9(8)11)6-1-2-6;1-2/h3-6H,1-2H2;2H,1H2. The second-order valence-corrected chi connectivity index (χ2v) is 2.95. The fourth-order valence-corrected chi connectivity index (χ4v) is 1.18. The maximum Gasteiger partial charge on any atom is 0.159 e. The van der Waals surface area contributed by atoms with E-state index in [1.54, 1.807) is 6.07 Å². The maximum absolute atomic E-state index is 12.6. The van der Waals surface area contributed by atoms with Crippen LogP contribution in [0.5, 0.6) is 0 Å². The maximum atomic E-state index is 12.6. The number of hydrogen-bond donors (Lipinski definition) is 1. The lowest BCUT2D eigenvalue weighted by molar-refractivity contribution is 0.507. The summed E-state index contributed by atoms with van der Waals surface area (Å²) < 4.78 is 25.0. The summed E-state index contributed by atoms with van der Waals surface area (Å²) in [5, 5.41) is 5.50. The van der Waals surface area contributed by atoms with Crippen molar-refractivity contribution in [1.29, 1.82) is 5.41 Å². The highest BCUT2D eigenvalue weighted by atomic mass is 19.2. The van der Waals surface area contributed by atoms with Crippen LogP contribution in [0.15, 0.2) is 18.2 Å². The normalized spacial score (nSPS) is 14.6. The summed E-state index contributed by atoms with van der Waals surface area (Å²) in [5.74, 6) is -0.992. The second-order valence-electron chi connectivity index (χ2n) is 2.95. The van der Waals surface area contributed by atoms with Gasteiger partial charge in [-0.2, -0.15) is 0 Å². The number of benzene rings is 1. The molecule has 13 heavy (non-hydrogen) atoms. The van der Waals surface area contributed by atoms with Crippen LogP contribution in [-0.4, -0.2) is 6.72 Å². The van der Waals surface area contributed by atoms with Gasteiger partial charge in [-0.3, -0.25) is 0 Å². The van der Waals surface area contributed by atoms with E-state index in [4.69, 9.17) is 5.41 Å². The molecule has 1 aliphatic rings. The Kier molecular flexibility index (Phi) is 3.12. The molecular weight excluding hydrogens is 172 g/mol. The van der Waals surface area contributed by atoms with Crippen LogP contribution in [0.3, 0.4) is 0 Å². The summed E-state index contributed by atoms with van der Waals surface area (Å²) in [4.78, 5) is 0. The molecule has 1 aromatic rings. The van der Waals surface area contributed by atoms with Gasteiger partial charge < -0.3 is 5.41 Å². The zero-order chi connectivity index (χ0) is 9.84. The van der Waals surface area contributed by atoms with Crippen molar-refractivity contribution in [3.05, 3.63) is 35.4 Å². The first-order valence-electron chi connectivity index (χ1n) is 4.07. The molecule has 0 atom stereocenters. The first-order valence-corrected chi connectivity index (χ1v) is 4.07. The lowest BCUT2D eigenvalue weighted by Crippen LogP contribution is -1.86. The molecule has 1 aromatic carbocycles. The zero-order valence-electron chi connectivity index (χ0n) is 7.19. The monoisotopic (exact) mass is 183 g/mol. The van der Waals surface area contributed by atoms with Gasteiger partial charge in [0.25, 0.3) is 0 Å². The van der Waals surface area contributed by atoms with Crippen molar-refractivity contribution < 1.29 is 8.78 Å². The first-order chi connectivity index (χ1) is 6.27. The van der Waals surface area contributed by atoms with Crippen LogP contribution in [0.1, 0.15) is 24.3 Å². The third-order valence-electron chi connectivity index (χ3n) is 1.99. The largest absolute Gasteiger partial charge is 0.317 e. The molecule has 0 amide bonds. The highest BCUT2D eigenvalue weighted by Gasteiger charge is 2.24. The van der Waals surface area contributed by atoms with Crippen molar-refractivity contribution in [2.24, 2.45) is 0 Å². The topological polar surface area (TPSA) is 23.9 Å². The smallest absolute Gasteiger partial charge is 0.159 e. The Bertz CT molecular complexity index is 295. The van der Waals surface area contributed by atoms with E-state index in [1.807, 2.05) is 0 Å². The van der Waals surface area contributed by atoms with E-state index in [-0.39, 0.29) is 0 Å². The highest BCUT2D eigenvalue weighted by molar-refractivity contribution is 5.24. The van der Waals surface area contributed by atoms with Gasteiger partial charge in [0, 0.05) is 0 Å². The van der Waals surface area contributed by atoms with Crippen molar-refractivity contribution in [1.82, 2.24) is 0 Å². The Balaban J connectivity index is 0.000000396. The summed E-state index contributed by atoms with van der Waals surface area (Å²) in [7, 11) is 0. The molecule has 0 aromatic heterocycles. The van der Waals surface area contributed by atoms with E-state index in [0.29, 0.717) is 5.92 Å². The van der Waals surface area contributed by atoms with Gasteiger partial charge in [-0.15, -0.1) is 0 Å². The van der Waals surface area contributed by atoms with Crippen LogP contribution in [-0.2, 0) is 0 Å². The molecule has 70 valence electrons. The Labute approximate surface area is 75.9 Å². The van der Waals surface area contributed by atoms with Crippen LogP contribution >= 0.6 is 0 Å². The van der Waals surface area contributed by atoms with Gasteiger partial charge in [-0.05, 0) is 43.2 Å². The van der Waals surface area contributed by atoms with E-state index in [9.17, 15) is 8.78 Å². The number of rotatable bonds is 1. The summed E-state index contributed by atoms with van der Waals surface area (Å²) >= 11 is 0. The number of halogens is 2. The average molecular weight is 183 g/mol. The van der Waals surface area contributed by atoms with Crippen LogP contribution in [0.2, 0.25) is 0 Å². The third-order valence-corrected chi connectivity index (χ3v) is 1.99. The van der Waals surface area contributed by atoms with E-state index >= 15 is 0 Å². The molecule has 1 fully saturated rings. The van der Waals surface area contributed by atoms with Crippen LogP contribution in [0, 0.1) is 17.0 Å². The first kappa shape index (κ1) is 9.84. The molecular formula is C10H11F2N. The van der Waals surface area contributed by atoms with Crippen LogP contribution in [0.4, 0.5) is 8.78 Å². The third kappa shape index (κ3) is 2.34. The molecule has 0 radical (unpaired) electrons. The van der Waals surface area contributed by atoms with Crippen LogP contribution in [0.25, 0.3) is 0 Å². The van der Waals surface area contributed by atoms with Gasteiger partial charge in [-0.25, -0.2) is 8.78 Å². The second kappa shape index (κ2) is 4.12. The minimum absolute atomic E-state index is 0.491. The Morgan fingerprint density at radius 2 is 1.77 bits per heavy atom. The molecule has 0 unspecified atom stereocenters. The molecule has 0 heterocycles. The predicted octanol–water partition coefficient (Wildman–Crippen LogP) is 3.11.